The summed E-state index contributed by atoms with van der Waals surface area (Å²) in [5.41, 5.74) is 4.19. The summed E-state index contributed by atoms with van der Waals surface area (Å²) in [7, 11) is 0. The molecule has 0 amide bonds. The van der Waals surface area contributed by atoms with Crippen LogP contribution in [0.4, 0.5) is 5.69 Å². The standard InChI is InChI=1S/C20H24N/c1-5-7-14-21-18(6-2)20(3,4)17-13-12-15-10-8-9-11-16(15)19(17)21/h6,8-13H,2,5,7,14H2,1,3-4H3/q+1. The van der Waals surface area contributed by atoms with Gasteiger partial charge in [-0.3, -0.25) is 0 Å². The summed E-state index contributed by atoms with van der Waals surface area (Å²) in [6.07, 6.45) is 4.46. The Labute approximate surface area is 127 Å². The monoisotopic (exact) mass is 278 g/mol. The van der Waals surface area contributed by atoms with E-state index in [1.165, 1.54) is 40.6 Å². The molecule has 2 aromatic rings. The van der Waals surface area contributed by atoms with Crippen molar-refractivity contribution in [3.63, 3.8) is 0 Å². The van der Waals surface area contributed by atoms with Crippen LogP contribution in [-0.2, 0) is 5.41 Å². The second kappa shape index (κ2) is 5.14. The summed E-state index contributed by atoms with van der Waals surface area (Å²) in [6, 6.07) is 13.2. The van der Waals surface area contributed by atoms with Gasteiger partial charge in [-0.2, -0.15) is 4.58 Å². The Balaban J connectivity index is 2.33. The fourth-order valence-electron chi connectivity index (χ4n) is 3.56. The summed E-state index contributed by atoms with van der Waals surface area (Å²) < 4.78 is 2.49. The minimum atomic E-state index is 0.0366. The van der Waals surface area contributed by atoms with E-state index in [0.29, 0.717) is 0 Å². The smallest absolute Gasteiger partial charge is 0.195 e. The van der Waals surface area contributed by atoms with E-state index in [2.05, 4.69) is 68.3 Å². The molecular weight excluding hydrogens is 254 g/mol. The average molecular weight is 278 g/mol. The molecule has 0 aliphatic carbocycles. The summed E-state index contributed by atoms with van der Waals surface area (Å²) in [5.74, 6) is 0. The van der Waals surface area contributed by atoms with Crippen molar-refractivity contribution in [2.24, 2.45) is 0 Å². The molecule has 2 aromatic carbocycles. The van der Waals surface area contributed by atoms with Gasteiger partial charge in [0.25, 0.3) is 0 Å². The Kier molecular flexibility index (Phi) is 3.44. The van der Waals surface area contributed by atoms with Gasteiger partial charge in [0.05, 0.1) is 10.8 Å². The Bertz CT molecular complexity index is 735. The molecular formula is C20H24N+. The number of benzene rings is 2. The van der Waals surface area contributed by atoms with Crippen LogP contribution in [-0.4, -0.2) is 16.8 Å². The molecule has 0 bridgehead atoms. The topological polar surface area (TPSA) is 3.01 Å². The van der Waals surface area contributed by atoms with Crippen LogP contribution in [0.3, 0.4) is 0 Å². The van der Waals surface area contributed by atoms with Gasteiger partial charge in [0.15, 0.2) is 5.71 Å². The fraction of sp³-hybridized carbons (Fsp3) is 0.350. The summed E-state index contributed by atoms with van der Waals surface area (Å²) in [4.78, 5) is 0. The average Bonchev–Trinajstić information content (AvgIpc) is 2.72. The maximum Gasteiger partial charge on any atom is 0.217 e. The molecule has 0 aromatic heterocycles. The van der Waals surface area contributed by atoms with Crippen LogP contribution in [0.2, 0.25) is 0 Å². The van der Waals surface area contributed by atoms with Crippen LogP contribution >= 0.6 is 0 Å². The first-order chi connectivity index (χ1) is 10.1. The highest BCUT2D eigenvalue weighted by Gasteiger charge is 2.44. The molecule has 0 saturated heterocycles. The number of hydrogen-bond donors (Lipinski definition) is 0. The zero-order valence-electron chi connectivity index (χ0n) is 13.3. The van der Waals surface area contributed by atoms with E-state index in [9.17, 15) is 0 Å². The SMILES string of the molecule is C=CC1=[N+](CCCC)c2c(ccc3ccccc23)C1(C)C. The molecule has 1 nitrogen and oxygen atoms in total. The van der Waals surface area contributed by atoms with E-state index in [0.717, 1.165) is 6.54 Å². The van der Waals surface area contributed by atoms with Gasteiger partial charge in [0, 0.05) is 12.0 Å². The van der Waals surface area contributed by atoms with E-state index in [4.69, 9.17) is 0 Å². The second-order valence-corrected chi connectivity index (χ2v) is 6.40. The zero-order chi connectivity index (χ0) is 15.0. The maximum absolute atomic E-state index is 4.08. The Morgan fingerprint density at radius 2 is 1.90 bits per heavy atom. The van der Waals surface area contributed by atoms with Gasteiger partial charge < -0.3 is 0 Å². The molecule has 1 heterocycles. The quantitative estimate of drug-likeness (QED) is 0.676. The molecule has 21 heavy (non-hydrogen) atoms. The molecule has 0 spiro atoms. The molecule has 1 aliphatic heterocycles. The van der Waals surface area contributed by atoms with Crippen LogP contribution < -0.4 is 0 Å². The Morgan fingerprint density at radius 3 is 2.62 bits per heavy atom. The van der Waals surface area contributed by atoms with Crippen molar-refractivity contribution in [3.05, 3.63) is 54.6 Å². The van der Waals surface area contributed by atoms with Crippen molar-refractivity contribution in [2.45, 2.75) is 39.0 Å². The lowest BCUT2D eigenvalue weighted by molar-refractivity contribution is -0.436. The van der Waals surface area contributed by atoms with Gasteiger partial charge in [-0.1, -0.05) is 50.3 Å². The highest BCUT2D eigenvalue weighted by molar-refractivity contribution is 6.06. The van der Waals surface area contributed by atoms with Gasteiger partial charge in [-0.05, 0) is 31.4 Å². The van der Waals surface area contributed by atoms with E-state index >= 15 is 0 Å². The minimum absolute atomic E-state index is 0.0366. The Hall–Kier alpha value is -1.89. The molecule has 3 rings (SSSR count). The van der Waals surface area contributed by atoms with Crippen molar-refractivity contribution in [3.8, 4) is 0 Å². The van der Waals surface area contributed by atoms with E-state index < -0.39 is 0 Å². The largest absolute Gasteiger partial charge is 0.217 e. The molecule has 108 valence electrons. The molecule has 0 radical (unpaired) electrons. The molecule has 1 aliphatic rings. The Morgan fingerprint density at radius 1 is 1.14 bits per heavy atom. The van der Waals surface area contributed by atoms with Crippen molar-refractivity contribution in [2.75, 3.05) is 6.54 Å². The van der Waals surface area contributed by atoms with Crippen LogP contribution in [0.25, 0.3) is 10.8 Å². The van der Waals surface area contributed by atoms with E-state index in [-0.39, 0.29) is 5.41 Å². The molecule has 0 N–H and O–H groups in total. The maximum atomic E-state index is 4.08. The lowest BCUT2D eigenvalue weighted by Gasteiger charge is -2.15. The second-order valence-electron chi connectivity index (χ2n) is 6.40. The van der Waals surface area contributed by atoms with Crippen LogP contribution in [0.5, 0.6) is 0 Å². The summed E-state index contributed by atoms with van der Waals surface area (Å²) in [5, 5.41) is 2.68. The summed E-state index contributed by atoms with van der Waals surface area (Å²) >= 11 is 0. The predicted molar refractivity (Wildman–Crippen MR) is 91.9 cm³/mol. The molecule has 1 heteroatoms. The molecule has 0 unspecified atom stereocenters. The first kappa shape index (κ1) is 14.1. The normalized spacial score (nSPS) is 16.3. The van der Waals surface area contributed by atoms with Gasteiger partial charge >= 0.3 is 0 Å². The minimum Gasteiger partial charge on any atom is -0.195 e. The van der Waals surface area contributed by atoms with E-state index in [1.54, 1.807) is 0 Å². The number of nitrogens with zero attached hydrogens (tertiary/aromatic N) is 1. The highest BCUT2D eigenvalue weighted by Crippen LogP contribution is 2.44. The van der Waals surface area contributed by atoms with Crippen LogP contribution in [0, 0.1) is 0 Å². The van der Waals surface area contributed by atoms with E-state index in [1.807, 2.05) is 6.08 Å². The predicted octanol–water partition coefficient (Wildman–Crippen LogP) is 5.20. The highest BCUT2D eigenvalue weighted by atomic mass is 15.1. The third-order valence-electron chi connectivity index (χ3n) is 4.70. The van der Waals surface area contributed by atoms with Crippen molar-refractivity contribution >= 4 is 22.2 Å². The molecule has 0 saturated carbocycles. The summed E-state index contributed by atoms with van der Waals surface area (Å²) in [6.45, 7) is 12.0. The number of unbranched alkanes of at least 4 members (excludes halogenated alkanes) is 1. The van der Waals surface area contributed by atoms with Crippen molar-refractivity contribution < 1.29 is 4.58 Å². The van der Waals surface area contributed by atoms with Crippen LogP contribution in [0.1, 0.15) is 39.2 Å². The lowest BCUT2D eigenvalue weighted by Crippen LogP contribution is -2.27. The van der Waals surface area contributed by atoms with Crippen molar-refractivity contribution in [1.29, 1.82) is 0 Å². The molecule has 0 atom stereocenters. The van der Waals surface area contributed by atoms with Gasteiger partial charge in [0.1, 0.15) is 6.54 Å². The number of hydrogen-bond acceptors (Lipinski definition) is 0. The number of fused-ring (bicyclic) bond motifs is 3. The van der Waals surface area contributed by atoms with Crippen molar-refractivity contribution in [1.82, 2.24) is 0 Å². The van der Waals surface area contributed by atoms with Gasteiger partial charge in [-0.25, -0.2) is 0 Å². The first-order valence-electron chi connectivity index (χ1n) is 7.91. The van der Waals surface area contributed by atoms with Crippen LogP contribution in [0.15, 0.2) is 49.1 Å². The van der Waals surface area contributed by atoms with Gasteiger partial charge in [-0.15, -0.1) is 0 Å². The third kappa shape index (κ3) is 2.03. The number of allylic oxidation sites excluding steroid dienone is 1. The molecule has 0 fully saturated rings. The third-order valence-corrected chi connectivity index (χ3v) is 4.70. The number of rotatable bonds is 4. The first-order valence-corrected chi connectivity index (χ1v) is 7.91. The van der Waals surface area contributed by atoms with Gasteiger partial charge in [0.2, 0.25) is 5.69 Å². The fourth-order valence-corrected chi connectivity index (χ4v) is 3.56. The lowest BCUT2D eigenvalue weighted by atomic mass is 9.81. The zero-order valence-corrected chi connectivity index (χ0v) is 13.3.